The highest BCUT2D eigenvalue weighted by Gasteiger charge is 2.32. The summed E-state index contributed by atoms with van der Waals surface area (Å²) < 4.78 is 1.84. The van der Waals surface area contributed by atoms with Crippen LogP contribution in [0.5, 0.6) is 0 Å². The molecule has 0 spiro atoms. The molecule has 0 bridgehead atoms. The minimum absolute atomic E-state index is 0.0653. The summed E-state index contributed by atoms with van der Waals surface area (Å²) in [7, 11) is 0. The molecule has 2 heterocycles. The fourth-order valence-electron chi connectivity index (χ4n) is 2.93. The molecule has 2 rings (SSSR count). The Morgan fingerprint density at radius 2 is 2.25 bits per heavy atom. The Labute approximate surface area is 124 Å². The maximum absolute atomic E-state index is 11.0. The normalized spacial score (nSPS) is 19.9. The van der Waals surface area contributed by atoms with Gasteiger partial charge in [0.05, 0.1) is 12.2 Å². The van der Waals surface area contributed by atoms with Gasteiger partial charge in [0.25, 0.3) is 0 Å². The van der Waals surface area contributed by atoms with Crippen molar-refractivity contribution in [3.63, 3.8) is 0 Å². The van der Waals surface area contributed by atoms with E-state index in [-0.39, 0.29) is 12.6 Å². The van der Waals surface area contributed by atoms with Crippen LogP contribution in [0.4, 0.5) is 0 Å². The van der Waals surface area contributed by atoms with E-state index in [4.69, 9.17) is 16.7 Å². The summed E-state index contributed by atoms with van der Waals surface area (Å²) in [6, 6.07) is 0.0829. The zero-order chi connectivity index (χ0) is 14.9. The number of hydrogen-bond donors (Lipinski definition) is 1. The predicted octanol–water partition coefficient (Wildman–Crippen LogP) is 2.72. The van der Waals surface area contributed by atoms with Gasteiger partial charge in [0.15, 0.2) is 0 Å². The number of aryl methyl sites for hydroxylation is 1. The van der Waals surface area contributed by atoms with Gasteiger partial charge in [-0.15, -0.1) is 0 Å². The molecule has 1 N–H and O–H groups in total. The standard InChI is InChI=1S/C14H22ClN3O2/c1-9(2)7-18-14(15)13(10(3)16-18)11-5-4-6-17(11)8-12(19)20/h9,11H,4-8H2,1-3H3,(H,19,20)/t11-/m1/s1. The minimum atomic E-state index is -0.791. The lowest BCUT2D eigenvalue weighted by molar-refractivity contribution is -0.138. The molecule has 1 fully saturated rings. The van der Waals surface area contributed by atoms with Crippen molar-refractivity contribution in [2.45, 2.75) is 46.2 Å². The topological polar surface area (TPSA) is 58.4 Å². The van der Waals surface area contributed by atoms with Crippen LogP contribution in [-0.4, -0.2) is 38.8 Å². The molecule has 0 aliphatic carbocycles. The second-order valence-corrected chi connectivity index (χ2v) is 6.25. The summed E-state index contributed by atoms with van der Waals surface area (Å²) >= 11 is 6.48. The minimum Gasteiger partial charge on any atom is -0.480 e. The van der Waals surface area contributed by atoms with E-state index >= 15 is 0 Å². The van der Waals surface area contributed by atoms with E-state index in [1.807, 2.05) is 16.5 Å². The zero-order valence-corrected chi connectivity index (χ0v) is 13.0. The first-order chi connectivity index (χ1) is 9.40. The van der Waals surface area contributed by atoms with Gasteiger partial charge >= 0.3 is 5.97 Å². The highest BCUT2D eigenvalue weighted by atomic mass is 35.5. The summed E-state index contributed by atoms with van der Waals surface area (Å²) in [5.41, 5.74) is 1.92. The lowest BCUT2D eigenvalue weighted by Crippen LogP contribution is -2.29. The van der Waals surface area contributed by atoms with Crippen molar-refractivity contribution in [2.75, 3.05) is 13.1 Å². The average Bonchev–Trinajstić information content (AvgIpc) is 2.84. The Balaban J connectivity index is 2.27. The summed E-state index contributed by atoms with van der Waals surface area (Å²) in [6.07, 6.45) is 1.95. The van der Waals surface area contributed by atoms with Crippen molar-refractivity contribution in [3.05, 3.63) is 16.4 Å². The summed E-state index contributed by atoms with van der Waals surface area (Å²) in [5.74, 6) is -0.321. The number of carbonyl (C=O) groups is 1. The number of aromatic nitrogens is 2. The maximum atomic E-state index is 11.0. The number of hydrogen-bond acceptors (Lipinski definition) is 3. The predicted molar refractivity (Wildman–Crippen MR) is 78.0 cm³/mol. The molecule has 0 radical (unpaired) electrons. The molecule has 1 aromatic heterocycles. The third-order valence-electron chi connectivity index (χ3n) is 3.68. The molecule has 1 atom stereocenters. The van der Waals surface area contributed by atoms with Crippen LogP contribution < -0.4 is 0 Å². The van der Waals surface area contributed by atoms with Crippen LogP contribution in [0.3, 0.4) is 0 Å². The highest BCUT2D eigenvalue weighted by molar-refractivity contribution is 6.30. The van der Waals surface area contributed by atoms with Gasteiger partial charge in [0.2, 0.25) is 0 Å². The second-order valence-electron chi connectivity index (χ2n) is 5.89. The fraction of sp³-hybridized carbons (Fsp3) is 0.714. The average molecular weight is 300 g/mol. The lowest BCUT2D eigenvalue weighted by atomic mass is 10.1. The lowest BCUT2D eigenvalue weighted by Gasteiger charge is -2.22. The first kappa shape index (κ1) is 15.3. The third-order valence-corrected chi connectivity index (χ3v) is 4.08. The molecule has 112 valence electrons. The molecule has 6 heteroatoms. The van der Waals surface area contributed by atoms with Gasteiger partial charge in [-0.05, 0) is 32.2 Å². The van der Waals surface area contributed by atoms with Crippen LogP contribution in [0.25, 0.3) is 0 Å². The maximum Gasteiger partial charge on any atom is 0.317 e. The van der Waals surface area contributed by atoms with E-state index in [9.17, 15) is 4.79 Å². The van der Waals surface area contributed by atoms with Crippen LogP contribution in [0.1, 0.15) is 44.0 Å². The molecule has 1 aromatic rings. The van der Waals surface area contributed by atoms with Gasteiger partial charge in [-0.25, -0.2) is 0 Å². The van der Waals surface area contributed by atoms with Gasteiger partial charge in [0, 0.05) is 18.2 Å². The molecule has 5 nitrogen and oxygen atoms in total. The molecule has 0 amide bonds. The Kier molecular flexibility index (Phi) is 4.70. The Morgan fingerprint density at radius 3 is 2.85 bits per heavy atom. The number of rotatable bonds is 5. The van der Waals surface area contributed by atoms with Gasteiger partial charge < -0.3 is 5.11 Å². The van der Waals surface area contributed by atoms with Crippen LogP contribution in [0, 0.1) is 12.8 Å². The molecule has 20 heavy (non-hydrogen) atoms. The summed E-state index contributed by atoms with van der Waals surface area (Å²) in [5, 5.41) is 14.2. The van der Waals surface area contributed by atoms with Crippen LogP contribution >= 0.6 is 11.6 Å². The van der Waals surface area contributed by atoms with E-state index in [2.05, 4.69) is 18.9 Å². The fourth-order valence-corrected chi connectivity index (χ4v) is 3.30. The molecular weight excluding hydrogens is 278 g/mol. The smallest absolute Gasteiger partial charge is 0.317 e. The van der Waals surface area contributed by atoms with Crippen LogP contribution in [-0.2, 0) is 11.3 Å². The zero-order valence-electron chi connectivity index (χ0n) is 12.3. The number of carboxylic acid groups (broad SMARTS) is 1. The van der Waals surface area contributed by atoms with Gasteiger partial charge in [-0.3, -0.25) is 14.4 Å². The SMILES string of the molecule is Cc1nn(CC(C)C)c(Cl)c1[C@H]1CCCN1CC(=O)O. The van der Waals surface area contributed by atoms with Crippen molar-refractivity contribution < 1.29 is 9.90 Å². The molecule has 1 saturated heterocycles. The monoisotopic (exact) mass is 299 g/mol. The van der Waals surface area contributed by atoms with E-state index in [1.165, 1.54) is 0 Å². The van der Waals surface area contributed by atoms with Crippen molar-refractivity contribution in [1.82, 2.24) is 14.7 Å². The number of halogens is 1. The highest BCUT2D eigenvalue weighted by Crippen LogP contribution is 2.37. The molecule has 0 unspecified atom stereocenters. The van der Waals surface area contributed by atoms with Crippen molar-refractivity contribution in [2.24, 2.45) is 5.92 Å². The third kappa shape index (κ3) is 3.15. The molecule has 0 aromatic carbocycles. The van der Waals surface area contributed by atoms with Gasteiger partial charge in [-0.1, -0.05) is 25.4 Å². The number of aliphatic carboxylic acids is 1. The number of nitrogens with zero attached hydrogens (tertiary/aromatic N) is 3. The van der Waals surface area contributed by atoms with Gasteiger partial charge in [0.1, 0.15) is 5.15 Å². The quantitative estimate of drug-likeness (QED) is 0.908. The summed E-state index contributed by atoms with van der Waals surface area (Å²) in [4.78, 5) is 12.9. The Bertz CT molecular complexity index is 499. The largest absolute Gasteiger partial charge is 0.480 e. The van der Waals surface area contributed by atoms with Gasteiger partial charge in [-0.2, -0.15) is 5.10 Å². The van der Waals surface area contributed by atoms with Crippen molar-refractivity contribution in [1.29, 1.82) is 0 Å². The molecule has 0 saturated carbocycles. The van der Waals surface area contributed by atoms with Crippen molar-refractivity contribution in [3.8, 4) is 0 Å². The first-order valence-corrected chi connectivity index (χ1v) is 7.46. The Hall–Kier alpha value is -1.07. The van der Waals surface area contributed by atoms with E-state index < -0.39 is 5.97 Å². The van der Waals surface area contributed by atoms with Crippen LogP contribution in [0.2, 0.25) is 5.15 Å². The van der Waals surface area contributed by atoms with E-state index in [1.54, 1.807) is 0 Å². The summed E-state index contributed by atoms with van der Waals surface area (Å²) in [6.45, 7) is 7.86. The van der Waals surface area contributed by atoms with Crippen molar-refractivity contribution >= 4 is 17.6 Å². The molecular formula is C14H22ClN3O2. The second kappa shape index (κ2) is 6.14. The molecule has 1 aliphatic rings. The first-order valence-electron chi connectivity index (χ1n) is 7.08. The molecule has 1 aliphatic heterocycles. The Morgan fingerprint density at radius 1 is 1.55 bits per heavy atom. The number of likely N-dealkylation sites (tertiary alicyclic amines) is 1. The number of carboxylic acids is 1. The van der Waals surface area contributed by atoms with E-state index in [0.29, 0.717) is 11.1 Å². The van der Waals surface area contributed by atoms with Crippen LogP contribution in [0.15, 0.2) is 0 Å². The van der Waals surface area contributed by atoms with E-state index in [0.717, 1.165) is 37.2 Å².